The minimum atomic E-state index is -2.19. The molecule has 20 nitrogen and oxygen atoms in total. The van der Waals surface area contributed by atoms with Gasteiger partial charge in [0.15, 0.2) is 29.7 Å². The first kappa shape index (κ1) is 40.4. The number of aliphatic hydroxyl groups is 6. The zero-order valence-corrected chi connectivity index (χ0v) is 29.0. The summed E-state index contributed by atoms with van der Waals surface area (Å²) in [5.74, 6) is -4.39. The lowest BCUT2D eigenvalue weighted by Crippen LogP contribution is -2.62. The van der Waals surface area contributed by atoms with E-state index in [1.165, 1.54) is 38.5 Å². The summed E-state index contributed by atoms with van der Waals surface area (Å²) in [6, 6.07) is 6.23. The molecule has 2 saturated heterocycles. The predicted molar refractivity (Wildman–Crippen MR) is 177 cm³/mol. The Balaban J connectivity index is 1.57. The van der Waals surface area contributed by atoms with E-state index in [4.69, 9.17) is 42.7 Å². The SMILES string of the molecule is COc1cc(O)c2c(=O)c(O[C@H]3O[C@@H](COC(=O)C[C@@](C)(O)CC(=O)O)[C@H](O)[C@@H](O)[C@@H]3O[C@H]3OC[C@@](O)(CO)[C@H]3O)c(-c3ccc(O)c(OC)c3)oc2c1. The summed E-state index contributed by atoms with van der Waals surface area (Å²) in [7, 11) is 2.57. The molecule has 0 unspecified atom stereocenters. The number of benzene rings is 2. The lowest BCUT2D eigenvalue weighted by atomic mass is 9.97. The van der Waals surface area contributed by atoms with Gasteiger partial charge in [0.1, 0.15) is 59.1 Å². The molecule has 9 N–H and O–H groups in total. The molecule has 20 heteroatoms. The summed E-state index contributed by atoms with van der Waals surface area (Å²) in [5.41, 5.74) is -5.34. The van der Waals surface area contributed by atoms with Crippen LogP contribution in [0.4, 0.5) is 0 Å². The predicted octanol–water partition coefficient (Wildman–Crippen LogP) is -1.30. The molecule has 0 aliphatic carbocycles. The second kappa shape index (κ2) is 15.9. The maximum absolute atomic E-state index is 14.2. The number of aliphatic hydroxyl groups excluding tert-OH is 4. The number of rotatable bonds is 14. The molecule has 1 aromatic heterocycles. The highest BCUT2D eigenvalue weighted by Crippen LogP contribution is 2.40. The third-order valence-corrected chi connectivity index (χ3v) is 8.80. The van der Waals surface area contributed by atoms with Crippen LogP contribution in [0, 0.1) is 0 Å². The van der Waals surface area contributed by atoms with E-state index in [0.29, 0.717) is 0 Å². The van der Waals surface area contributed by atoms with Gasteiger partial charge < -0.3 is 83.5 Å². The van der Waals surface area contributed by atoms with Gasteiger partial charge in [0.25, 0.3) is 0 Å². The molecule has 3 heterocycles. The number of phenols is 2. The number of aliphatic carboxylic acids is 1. The number of carboxylic acid groups (broad SMARTS) is 1. The van der Waals surface area contributed by atoms with E-state index in [2.05, 4.69) is 0 Å². The van der Waals surface area contributed by atoms with Gasteiger partial charge in [-0.3, -0.25) is 14.4 Å². The highest BCUT2D eigenvalue weighted by Gasteiger charge is 2.54. The van der Waals surface area contributed by atoms with E-state index in [-0.39, 0.29) is 34.2 Å². The van der Waals surface area contributed by atoms with Gasteiger partial charge in [-0.25, -0.2) is 0 Å². The Labute approximate surface area is 304 Å². The van der Waals surface area contributed by atoms with E-state index in [9.17, 15) is 55.2 Å². The standard InChI is InChI=1S/C34H40O20/c1-33(45,9-21(38)39)10-22(40)49-11-20-24(41)26(43)29(54-32-30(44)34(46,12-35)13-50-32)31(52-20)53-28-25(42)23-17(37)7-15(47-2)8-19(23)51-27(28)14-4-5-16(36)18(6-14)48-3/h4-8,20,24,26,29-32,35-37,41,43-46H,9-13H2,1-3H3,(H,38,39)/t20-,24-,26+,29-,30-,31+,32+,33-,34-/m0/s1. The molecular weight excluding hydrogens is 728 g/mol. The average Bonchev–Trinajstić information content (AvgIpc) is 3.39. The van der Waals surface area contributed by atoms with Crippen LogP contribution in [-0.4, -0.2) is 146 Å². The molecular formula is C34H40O20. The van der Waals surface area contributed by atoms with Crippen molar-refractivity contribution in [3.8, 4) is 40.1 Å². The van der Waals surface area contributed by atoms with E-state index in [0.717, 1.165) is 13.0 Å². The monoisotopic (exact) mass is 768 g/mol. The van der Waals surface area contributed by atoms with Crippen LogP contribution in [0.25, 0.3) is 22.3 Å². The highest BCUT2D eigenvalue weighted by atomic mass is 16.8. The first-order chi connectivity index (χ1) is 25.4. The number of phenolic OH excluding ortho intramolecular Hbond substituents is 2. The van der Waals surface area contributed by atoms with Crippen molar-refractivity contribution in [1.82, 2.24) is 0 Å². The summed E-state index contributed by atoms with van der Waals surface area (Å²) < 4.78 is 44.5. The number of methoxy groups -OCH3 is 2. The van der Waals surface area contributed by atoms with E-state index < -0.39 is 121 Å². The van der Waals surface area contributed by atoms with Gasteiger partial charge >= 0.3 is 11.9 Å². The third-order valence-electron chi connectivity index (χ3n) is 8.80. The van der Waals surface area contributed by atoms with Crippen LogP contribution in [-0.2, 0) is 28.5 Å². The number of ether oxygens (including phenoxy) is 7. The summed E-state index contributed by atoms with van der Waals surface area (Å²) in [6.07, 6.45) is -14.8. The molecule has 2 aromatic carbocycles. The molecule has 0 saturated carbocycles. The fourth-order valence-corrected chi connectivity index (χ4v) is 5.88. The van der Waals surface area contributed by atoms with Gasteiger partial charge in [-0.2, -0.15) is 0 Å². The minimum Gasteiger partial charge on any atom is -0.507 e. The van der Waals surface area contributed by atoms with Gasteiger partial charge in [0, 0.05) is 17.7 Å². The quantitative estimate of drug-likeness (QED) is 0.0861. The average molecular weight is 769 g/mol. The molecule has 0 radical (unpaired) electrons. The van der Waals surface area contributed by atoms with Crippen molar-refractivity contribution < 1.29 is 93.1 Å². The Bertz CT molecular complexity index is 1910. The van der Waals surface area contributed by atoms with Gasteiger partial charge in [0.2, 0.25) is 17.5 Å². The van der Waals surface area contributed by atoms with Crippen LogP contribution in [0.15, 0.2) is 39.5 Å². The number of aromatic hydroxyl groups is 2. The van der Waals surface area contributed by atoms with Crippen LogP contribution in [0.3, 0.4) is 0 Å². The Hall–Kier alpha value is -4.77. The molecule has 2 aliphatic rings. The van der Waals surface area contributed by atoms with Crippen molar-refractivity contribution in [2.75, 3.05) is 34.0 Å². The fourth-order valence-electron chi connectivity index (χ4n) is 5.88. The second-order valence-corrected chi connectivity index (χ2v) is 13.1. The molecule has 54 heavy (non-hydrogen) atoms. The maximum Gasteiger partial charge on any atom is 0.308 e. The molecule has 2 fully saturated rings. The van der Waals surface area contributed by atoms with Crippen molar-refractivity contribution in [1.29, 1.82) is 0 Å². The number of esters is 1. The number of carbonyl (C=O) groups excluding carboxylic acids is 1. The molecule has 0 spiro atoms. The normalized spacial score (nSPS) is 28.0. The van der Waals surface area contributed by atoms with Crippen LogP contribution >= 0.6 is 0 Å². The van der Waals surface area contributed by atoms with Gasteiger partial charge in [-0.15, -0.1) is 0 Å². The first-order valence-electron chi connectivity index (χ1n) is 16.2. The van der Waals surface area contributed by atoms with Crippen molar-refractivity contribution in [2.45, 2.75) is 74.1 Å². The van der Waals surface area contributed by atoms with Crippen molar-refractivity contribution >= 4 is 22.9 Å². The summed E-state index contributed by atoms with van der Waals surface area (Å²) >= 11 is 0. The summed E-state index contributed by atoms with van der Waals surface area (Å²) in [5, 5.41) is 93.1. The number of carbonyl (C=O) groups is 2. The number of hydrogen-bond donors (Lipinski definition) is 9. The fraction of sp³-hybridized carbons (Fsp3) is 0.500. The molecule has 3 aromatic rings. The van der Waals surface area contributed by atoms with E-state index >= 15 is 0 Å². The van der Waals surface area contributed by atoms with Crippen molar-refractivity contribution in [2.24, 2.45) is 0 Å². The van der Waals surface area contributed by atoms with Gasteiger partial charge in [0.05, 0.1) is 45.9 Å². The molecule has 0 amide bonds. The van der Waals surface area contributed by atoms with Crippen LogP contribution < -0.4 is 19.6 Å². The Morgan fingerprint density at radius 3 is 2.35 bits per heavy atom. The molecule has 2 aliphatic heterocycles. The molecule has 9 atom stereocenters. The Kier molecular flexibility index (Phi) is 11.9. The minimum absolute atomic E-state index is 0.0590. The van der Waals surface area contributed by atoms with Crippen molar-refractivity contribution in [3.63, 3.8) is 0 Å². The maximum atomic E-state index is 14.2. The zero-order chi connectivity index (χ0) is 39.7. The Morgan fingerprint density at radius 1 is 1.00 bits per heavy atom. The lowest BCUT2D eigenvalue weighted by molar-refractivity contribution is -0.319. The summed E-state index contributed by atoms with van der Waals surface area (Å²) in [6.45, 7) is -1.32. The van der Waals surface area contributed by atoms with E-state index in [1.807, 2.05) is 0 Å². The number of hydrogen-bond acceptors (Lipinski definition) is 19. The molecule has 296 valence electrons. The van der Waals surface area contributed by atoms with E-state index in [1.54, 1.807) is 0 Å². The first-order valence-corrected chi connectivity index (χ1v) is 16.2. The smallest absolute Gasteiger partial charge is 0.308 e. The molecule has 0 bridgehead atoms. The highest BCUT2D eigenvalue weighted by molar-refractivity contribution is 5.88. The largest absolute Gasteiger partial charge is 0.507 e. The van der Waals surface area contributed by atoms with Crippen molar-refractivity contribution in [3.05, 3.63) is 40.6 Å². The lowest BCUT2D eigenvalue weighted by Gasteiger charge is -2.42. The molecule has 5 rings (SSSR count). The van der Waals surface area contributed by atoms with Gasteiger partial charge in [-0.1, -0.05) is 0 Å². The van der Waals surface area contributed by atoms with Crippen LogP contribution in [0.5, 0.6) is 28.7 Å². The Morgan fingerprint density at radius 2 is 1.72 bits per heavy atom. The van der Waals surface area contributed by atoms with Crippen LogP contribution in [0.2, 0.25) is 0 Å². The number of carboxylic acids is 1. The third kappa shape index (κ3) is 8.31. The van der Waals surface area contributed by atoms with Gasteiger partial charge in [-0.05, 0) is 25.1 Å². The topological polar surface area (TPSA) is 311 Å². The van der Waals surface area contributed by atoms with Crippen LogP contribution in [0.1, 0.15) is 19.8 Å². The summed E-state index contributed by atoms with van der Waals surface area (Å²) in [4.78, 5) is 37.8. The second-order valence-electron chi connectivity index (χ2n) is 13.1. The zero-order valence-electron chi connectivity index (χ0n) is 29.0. The number of fused-ring (bicyclic) bond motifs is 1.